The summed E-state index contributed by atoms with van der Waals surface area (Å²) in [7, 11) is 2.17. The van der Waals surface area contributed by atoms with Crippen LogP contribution in [-0.2, 0) is 0 Å². The fourth-order valence-electron chi connectivity index (χ4n) is 3.95. The van der Waals surface area contributed by atoms with Crippen LogP contribution in [0.4, 0.5) is 10.6 Å². The molecule has 4 rings (SSSR count). The van der Waals surface area contributed by atoms with Crippen molar-refractivity contribution in [1.29, 1.82) is 0 Å². The van der Waals surface area contributed by atoms with Crippen LogP contribution in [0.2, 0.25) is 0 Å². The predicted octanol–water partition coefficient (Wildman–Crippen LogP) is 3.35. The number of rotatable bonds is 2. The van der Waals surface area contributed by atoms with Crippen LogP contribution < -0.4 is 5.32 Å². The maximum Gasteiger partial charge on any atom is 0.323 e. The van der Waals surface area contributed by atoms with Gasteiger partial charge >= 0.3 is 6.03 Å². The predicted molar refractivity (Wildman–Crippen MR) is 94.2 cm³/mol. The molecule has 2 aromatic heterocycles. The molecule has 2 aliphatic rings. The third kappa shape index (κ3) is 3.06. The first kappa shape index (κ1) is 15.7. The Morgan fingerprint density at radius 2 is 2.29 bits per heavy atom. The van der Waals surface area contributed by atoms with Crippen molar-refractivity contribution in [1.82, 2.24) is 15.0 Å². The topological polar surface area (TPSA) is 61.6 Å². The SMILES string of the molecule is CN1CCCC2(CCN(C(=O)Nc3cc(-c4cccs4)on3)C2)C1. The molecule has 24 heavy (non-hydrogen) atoms. The second kappa shape index (κ2) is 6.22. The summed E-state index contributed by atoms with van der Waals surface area (Å²) in [5.41, 5.74) is 0.274. The van der Waals surface area contributed by atoms with Crippen LogP contribution in [0.15, 0.2) is 28.1 Å². The summed E-state index contributed by atoms with van der Waals surface area (Å²) < 4.78 is 5.32. The molecule has 7 heteroatoms. The molecular formula is C17H22N4O2S. The Kier molecular flexibility index (Phi) is 4.05. The van der Waals surface area contributed by atoms with Gasteiger partial charge in [-0.05, 0) is 44.3 Å². The Morgan fingerprint density at radius 3 is 3.08 bits per heavy atom. The molecule has 1 N–H and O–H groups in total. The third-order valence-corrected chi connectivity index (χ3v) is 5.97. The van der Waals surface area contributed by atoms with Gasteiger partial charge in [0.2, 0.25) is 0 Å². The molecule has 0 radical (unpaired) electrons. The van der Waals surface area contributed by atoms with Gasteiger partial charge in [0, 0.05) is 31.1 Å². The zero-order valence-corrected chi connectivity index (χ0v) is 14.6. The van der Waals surface area contributed by atoms with E-state index in [1.165, 1.54) is 19.4 Å². The first-order valence-corrected chi connectivity index (χ1v) is 9.27. The Balaban J connectivity index is 1.39. The van der Waals surface area contributed by atoms with Gasteiger partial charge < -0.3 is 14.3 Å². The standard InChI is InChI=1S/C17H22N4O2S/c1-20-7-3-5-17(11-20)6-8-21(12-17)16(22)18-15-10-13(23-19-15)14-4-2-9-24-14/h2,4,9-10H,3,5-8,11-12H2,1H3,(H,18,19,22). The van der Waals surface area contributed by atoms with Crippen molar-refractivity contribution < 1.29 is 9.32 Å². The summed E-state index contributed by atoms with van der Waals surface area (Å²) in [6.07, 6.45) is 3.52. The molecule has 0 aliphatic carbocycles. The van der Waals surface area contributed by atoms with Crippen LogP contribution in [0.25, 0.3) is 10.6 Å². The van der Waals surface area contributed by atoms with Gasteiger partial charge in [-0.25, -0.2) is 4.79 Å². The van der Waals surface area contributed by atoms with Crippen LogP contribution >= 0.6 is 11.3 Å². The van der Waals surface area contributed by atoms with Crippen molar-refractivity contribution >= 4 is 23.2 Å². The van der Waals surface area contributed by atoms with E-state index in [-0.39, 0.29) is 11.4 Å². The Hall–Kier alpha value is -1.86. The Bertz CT molecular complexity index is 714. The van der Waals surface area contributed by atoms with Crippen molar-refractivity contribution in [2.45, 2.75) is 19.3 Å². The zero-order valence-electron chi connectivity index (χ0n) is 13.8. The minimum atomic E-state index is -0.0777. The van der Waals surface area contributed by atoms with E-state index in [0.717, 1.165) is 30.9 Å². The van der Waals surface area contributed by atoms with Crippen molar-refractivity contribution in [2.75, 3.05) is 38.5 Å². The van der Waals surface area contributed by atoms with E-state index in [0.29, 0.717) is 11.6 Å². The number of nitrogens with one attached hydrogen (secondary N) is 1. The molecule has 0 saturated carbocycles. The number of anilines is 1. The highest BCUT2D eigenvalue weighted by molar-refractivity contribution is 7.13. The second-order valence-electron chi connectivity index (χ2n) is 7.00. The molecule has 4 heterocycles. The van der Waals surface area contributed by atoms with Crippen LogP contribution in [0.3, 0.4) is 0 Å². The molecule has 2 fully saturated rings. The second-order valence-corrected chi connectivity index (χ2v) is 7.94. The number of urea groups is 1. The molecule has 2 aromatic rings. The lowest BCUT2D eigenvalue weighted by Gasteiger charge is -2.38. The molecule has 0 aromatic carbocycles. The third-order valence-electron chi connectivity index (χ3n) is 5.09. The monoisotopic (exact) mass is 346 g/mol. The maximum absolute atomic E-state index is 12.5. The lowest BCUT2D eigenvalue weighted by atomic mass is 9.79. The van der Waals surface area contributed by atoms with E-state index < -0.39 is 0 Å². The molecule has 0 bridgehead atoms. The smallest absolute Gasteiger partial charge is 0.323 e. The minimum absolute atomic E-state index is 0.0777. The number of nitrogens with zero attached hydrogens (tertiary/aromatic N) is 3. The highest BCUT2D eigenvalue weighted by Gasteiger charge is 2.42. The average molecular weight is 346 g/mol. The highest BCUT2D eigenvalue weighted by Crippen LogP contribution is 2.38. The number of amides is 2. The van der Waals surface area contributed by atoms with Gasteiger partial charge in [0.15, 0.2) is 11.6 Å². The van der Waals surface area contributed by atoms with Gasteiger partial charge in [-0.2, -0.15) is 0 Å². The largest absolute Gasteiger partial charge is 0.353 e. The number of likely N-dealkylation sites (tertiary alicyclic amines) is 2. The number of piperidine rings is 1. The van der Waals surface area contributed by atoms with Gasteiger partial charge in [0.1, 0.15) is 0 Å². The van der Waals surface area contributed by atoms with Crippen LogP contribution in [-0.4, -0.2) is 54.2 Å². The number of carbonyl (C=O) groups excluding carboxylic acids is 1. The minimum Gasteiger partial charge on any atom is -0.353 e. The zero-order chi connectivity index (χ0) is 16.6. The quantitative estimate of drug-likeness (QED) is 0.906. The summed E-state index contributed by atoms with van der Waals surface area (Å²) in [5, 5.41) is 8.82. The fraction of sp³-hybridized carbons (Fsp3) is 0.529. The molecule has 2 saturated heterocycles. The average Bonchev–Trinajstić information content (AvgIpc) is 3.27. The van der Waals surface area contributed by atoms with Crippen molar-refractivity contribution in [3.8, 4) is 10.6 Å². The van der Waals surface area contributed by atoms with Gasteiger partial charge in [0.25, 0.3) is 0 Å². The first-order chi connectivity index (χ1) is 11.6. The number of hydrogen-bond acceptors (Lipinski definition) is 5. The van der Waals surface area contributed by atoms with Gasteiger partial charge in [-0.15, -0.1) is 11.3 Å². The lowest BCUT2D eigenvalue weighted by molar-refractivity contribution is 0.117. The van der Waals surface area contributed by atoms with Crippen LogP contribution in [0.5, 0.6) is 0 Å². The molecule has 1 atom stereocenters. The van der Waals surface area contributed by atoms with Crippen molar-refractivity contribution in [2.24, 2.45) is 5.41 Å². The summed E-state index contributed by atoms with van der Waals surface area (Å²) in [6.45, 7) is 3.90. The van der Waals surface area contributed by atoms with E-state index in [4.69, 9.17) is 4.52 Å². The van der Waals surface area contributed by atoms with Gasteiger partial charge in [-0.3, -0.25) is 5.32 Å². The highest BCUT2D eigenvalue weighted by atomic mass is 32.1. The molecule has 1 unspecified atom stereocenters. The summed E-state index contributed by atoms with van der Waals surface area (Å²) in [4.78, 5) is 17.8. The molecule has 6 nitrogen and oxygen atoms in total. The van der Waals surface area contributed by atoms with E-state index in [1.54, 1.807) is 17.4 Å². The van der Waals surface area contributed by atoms with E-state index in [2.05, 4.69) is 22.4 Å². The number of thiophene rings is 1. The maximum atomic E-state index is 12.5. The van der Waals surface area contributed by atoms with Gasteiger partial charge in [0.05, 0.1) is 4.88 Å². The summed E-state index contributed by atoms with van der Waals surface area (Å²) in [6, 6.07) is 5.64. The van der Waals surface area contributed by atoms with Gasteiger partial charge in [-0.1, -0.05) is 11.2 Å². The lowest BCUT2D eigenvalue weighted by Crippen LogP contribution is -2.44. The first-order valence-electron chi connectivity index (χ1n) is 8.39. The normalized spacial score (nSPS) is 24.6. The number of carbonyl (C=O) groups is 1. The summed E-state index contributed by atoms with van der Waals surface area (Å²) in [5.74, 6) is 1.16. The molecular weight excluding hydrogens is 324 g/mol. The van der Waals surface area contributed by atoms with E-state index in [1.807, 2.05) is 22.4 Å². The Morgan fingerprint density at radius 1 is 1.38 bits per heavy atom. The molecule has 128 valence electrons. The molecule has 2 aliphatic heterocycles. The number of hydrogen-bond donors (Lipinski definition) is 1. The van der Waals surface area contributed by atoms with E-state index in [9.17, 15) is 4.79 Å². The van der Waals surface area contributed by atoms with Crippen LogP contribution in [0, 0.1) is 5.41 Å². The number of aromatic nitrogens is 1. The Labute approximate surface area is 145 Å². The summed E-state index contributed by atoms with van der Waals surface area (Å²) >= 11 is 1.59. The van der Waals surface area contributed by atoms with E-state index >= 15 is 0 Å². The van der Waals surface area contributed by atoms with Crippen molar-refractivity contribution in [3.05, 3.63) is 23.6 Å². The molecule has 1 spiro atoms. The fourth-order valence-corrected chi connectivity index (χ4v) is 4.63. The molecule has 2 amide bonds. The van der Waals surface area contributed by atoms with Crippen molar-refractivity contribution in [3.63, 3.8) is 0 Å². The van der Waals surface area contributed by atoms with Crippen LogP contribution in [0.1, 0.15) is 19.3 Å².